The highest BCUT2D eigenvalue weighted by Crippen LogP contribution is 2.35. The zero-order chi connectivity index (χ0) is 8.32. The Morgan fingerprint density at radius 2 is 2.00 bits per heavy atom. The fourth-order valence-corrected chi connectivity index (χ4v) is 1.95. The molecule has 1 atom stereocenters. The first-order valence-electron chi connectivity index (χ1n) is 4.48. The maximum atomic E-state index is 5.67. The van der Waals surface area contributed by atoms with Gasteiger partial charge < -0.3 is 10.5 Å². The van der Waals surface area contributed by atoms with Gasteiger partial charge in [0.1, 0.15) is 0 Å². The topological polar surface area (TPSA) is 35.2 Å². The number of ether oxygens (including phenoxy) is 1. The maximum absolute atomic E-state index is 5.67. The van der Waals surface area contributed by atoms with Crippen LogP contribution in [0.2, 0.25) is 0 Å². The SMILES string of the molecule is COC(C)(CN)C1CCCC1. The van der Waals surface area contributed by atoms with Gasteiger partial charge in [0.2, 0.25) is 0 Å². The third kappa shape index (κ3) is 1.74. The Morgan fingerprint density at radius 3 is 2.36 bits per heavy atom. The van der Waals surface area contributed by atoms with E-state index in [4.69, 9.17) is 10.5 Å². The van der Waals surface area contributed by atoms with Crippen molar-refractivity contribution in [2.24, 2.45) is 11.7 Å². The van der Waals surface area contributed by atoms with Crippen molar-refractivity contribution >= 4 is 0 Å². The molecule has 2 nitrogen and oxygen atoms in total. The summed E-state index contributed by atoms with van der Waals surface area (Å²) in [6.45, 7) is 2.77. The summed E-state index contributed by atoms with van der Waals surface area (Å²) in [4.78, 5) is 0. The van der Waals surface area contributed by atoms with E-state index in [1.54, 1.807) is 7.11 Å². The largest absolute Gasteiger partial charge is 0.377 e. The molecule has 1 rings (SSSR count). The van der Waals surface area contributed by atoms with Gasteiger partial charge in [-0.3, -0.25) is 0 Å². The van der Waals surface area contributed by atoms with Gasteiger partial charge in [0.25, 0.3) is 0 Å². The molecule has 2 N–H and O–H groups in total. The molecule has 0 spiro atoms. The molecular formula is C9H19NO. The lowest BCUT2D eigenvalue weighted by atomic mass is 9.88. The molecule has 0 aromatic carbocycles. The van der Waals surface area contributed by atoms with Gasteiger partial charge in [-0.1, -0.05) is 12.8 Å². The van der Waals surface area contributed by atoms with Crippen LogP contribution in [0.25, 0.3) is 0 Å². The Kier molecular flexibility index (Phi) is 2.90. The lowest BCUT2D eigenvalue weighted by Crippen LogP contribution is -2.42. The van der Waals surface area contributed by atoms with Gasteiger partial charge in [-0.2, -0.15) is 0 Å². The van der Waals surface area contributed by atoms with E-state index in [1.165, 1.54) is 25.7 Å². The molecule has 0 heterocycles. The molecule has 1 unspecified atom stereocenters. The monoisotopic (exact) mass is 157 g/mol. The molecule has 0 amide bonds. The minimum Gasteiger partial charge on any atom is -0.377 e. The quantitative estimate of drug-likeness (QED) is 0.674. The van der Waals surface area contributed by atoms with Crippen molar-refractivity contribution in [3.05, 3.63) is 0 Å². The third-order valence-electron chi connectivity index (χ3n) is 3.09. The fourth-order valence-electron chi connectivity index (χ4n) is 1.95. The maximum Gasteiger partial charge on any atom is 0.0800 e. The first kappa shape index (κ1) is 9.01. The zero-order valence-electron chi connectivity index (χ0n) is 7.60. The van der Waals surface area contributed by atoms with E-state index < -0.39 is 0 Å². The molecule has 0 aromatic rings. The van der Waals surface area contributed by atoms with Gasteiger partial charge in [0.05, 0.1) is 5.60 Å². The minimum absolute atomic E-state index is 0.0590. The van der Waals surface area contributed by atoms with Crippen molar-refractivity contribution < 1.29 is 4.74 Å². The van der Waals surface area contributed by atoms with Crippen LogP contribution in [0.1, 0.15) is 32.6 Å². The molecule has 66 valence electrons. The van der Waals surface area contributed by atoms with Gasteiger partial charge in [-0.25, -0.2) is 0 Å². The summed E-state index contributed by atoms with van der Waals surface area (Å²) in [5.41, 5.74) is 5.61. The van der Waals surface area contributed by atoms with Gasteiger partial charge in [-0.05, 0) is 25.7 Å². The van der Waals surface area contributed by atoms with Gasteiger partial charge >= 0.3 is 0 Å². The van der Waals surface area contributed by atoms with Crippen molar-refractivity contribution in [3.8, 4) is 0 Å². The number of methoxy groups -OCH3 is 1. The molecule has 2 heteroatoms. The standard InChI is InChI=1S/C9H19NO/c1-9(7-10,11-2)8-5-3-4-6-8/h8H,3-7,10H2,1-2H3. The molecule has 1 fully saturated rings. The summed E-state index contributed by atoms with van der Waals surface area (Å²) < 4.78 is 5.45. The van der Waals surface area contributed by atoms with Crippen LogP contribution in [0, 0.1) is 5.92 Å². The van der Waals surface area contributed by atoms with E-state index in [2.05, 4.69) is 6.92 Å². The van der Waals surface area contributed by atoms with E-state index in [-0.39, 0.29) is 5.60 Å². The second-order valence-electron chi connectivity index (χ2n) is 3.70. The lowest BCUT2D eigenvalue weighted by molar-refractivity contribution is -0.0336. The number of nitrogens with two attached hydrogens (primary N) is 1. The van der Waals surface area contributed by atoms with Crippen molar-refractivity contribution in [3.63, 3.8) is 0 Å². The molecule has 1 saturated carbocycles. The number of hydrogen-bond donors (Lipinski definition) is 1. The Bertz CT molecular complexity index is 115. The van der Waals surface area contributed by atoms with Crippen LogP contribution < -0.4 is 5.73 Å². The van der Waals surface area contributed by atoms with Crippen LogP contribution in [-0.4, -0.2) is 19.3 Å². The Hall–Kier alpha value is -0.0800. The van der Waals surface area contributed by atoms with Crippen LogP contribution in [0.4, 0.5) is 0 Å². The molecular weight excluding hydrogens is 138 g/mol. The second-order valence-corrected chi connectivity index (χ2v) is 3.70. The van der Waals surface area contributed by atoms with Gasteiger partial charge in [0.15, 0.2) is 0 Å². The van der Waals surface area contributed by atoms with E-state index in [9.17, 15) is 0 Å². The predicted octanol–water partition coefficient (Wildman–Crippen LogP) is 1.54. The highest BCUT2D eigenvalue weighted by Gasteiger charge is 2.34. The normalized spacial score (nSPS) is 25.4. The Morgan fingerprint density at radius 1 is 1.45 bits per heavy atom. The minimum atomic E-state index is -0.0590. The lowest BCUT2D eigenvalue weighted by Gasteiger charge is -2.32. The highest BCUT2D eigenvalue weighted by molar-refractivity contribution is 4.87. The van der Waals surface area contributed by atoms with Gasteiger partial charge in [-0.15, -0.1) is 0 Å². The Balaban J connectivity index is 2.52. The van der Waals surface area contributed by atoms with Crippen LogP contribution in [-0.2, 0) is 4.74 Å². The molecule has 11 heavy (non-hydrogen) atoms. The van der Waals surface area contributed by atoms with E-state index in [0.717, 1.165) is 0 Å². The summed E-state index contributed by atoms with van der Waals surface area (Å²) in [6, 6.07) is 0. The summed E-state index contributed by atoms with van der Waals surface area (Å²) >= 11 is 0. The molecule has 0 bridgehead atoms. The third-order valence-corrected chi connectivity index (χ3v) is 3.09. The highest BCUT2D eigenvalue weighted by atomic mass is 16.5. The average molecular weight is 157 g/mol. The molecule has 0 saturated heterocycles. The van der Waals surface area contributed by atoms with E-state index in [0.29, 0.717) is 12.5 Å². The molecule has 0 radical (unpaired) electrons. The van der Waals surface area contributed by atoms with Crippen LogP contribution in [0.5, 0.6) is 0 Å². The fraction of sp³-hybridized carbons (Fsp3) is 1.00. The van der Waals surface area contributed by atoms with Crippen molar-refractivity contribution in [1.29, 1.82) is 0 Å². The summed E-state index contributed by atoms with van der Waals surface area (Å²) in [6.07, 6.45) is 5.29. The van der Waals surface area contributed by atoms with Crippen LogP contribution >= 0.6 is 0 Å². The summed E-state index contributed by atoms with van der Waals surface area (Å²) in [5.74, 6) is 0.692. The van der Waals surface area contributed by atoms with Gasteiger partial charge in [0, 0.05) is 13.7 Å². The summed E-state index contributed by atoms with van der Waals surface area (Å²) in [7, 11) is 1.77. The predicted molar refractivity (Wildman–Crippen MR) is 46.4 cm³/mol. The van der Waals surface area contributed by atoms with Crippen LogP contribution in [0.3, 0.4) is 0 Å². The smallest absolute Gasteiger partial charge is 0.0800 e. The number of rotatable bonds is 3. The van der Waals surface area contributed by atoms with Crippen LogP contribution in [0.15, 0.2) is 0 Å². The van der Waals surface area contributed by atoms with E-state index >= 15 is 0 Å². The van der Waals surface area contributed by atoms with Crippen molar-refractivity contribution in [2.75, 3.05) is 13.7 Å². The second kappa shape index (κ2) is 3.55. The molecule has 0 aliphatic heterocycles. The zero-order valence-corrected chi connectivity index (χ0v) is 7.60. The average Bonchev–Trinajstić information content (AvgIpc) is 2.55. The number of hydrogen-bond acceptors (Lipinski definition) is 2. The van der Waals surface area contributed by atoms with Crippen molar-refractivity contribution in [1.82, 2.24) is 0 Å². The van der Waals surface area contributed by atoms with E-state index in [1.807, 2.05) is 0 Å². The molecule has 0 aromatic heterocycles. The Labute approximate surface area is 69.1 Å². The first-order chi connectivity index (χ1) is 5.23. The molecule has 1 aliphatic carbocycles. The van der Waals surface area contributed by atoms with Crippen molar-refractivity contribution in [2.45, 2.75) is 38.2 Å². The first-order valence-corrected chi connectivity index (χ1v) is 4.48. The summed E-state index contributed by atoms with van der Waals surface area (Å²) in [5, 5.41) is 0. The molecule has 1 aliphatic rings.